The minimum absolute atomic E-state index is 0.0547. The summed E-state index contributed by atoms with van der Waals surface area (Å²) < 4.78 is 11.3. The van der Waals surface area contributed by atoms with Gasteiger partial charge in [0.25, 0.3) is 5.91 Å². The lowest BCUT2D eigenvalue weighted by Gasteiger charge is -2.27. The summed E-state index contributed by atoms with van der Waals surface area (Å²) in [6.07, 6.45) is 0. The van der Waals surface area contributed by atoms with Gasteiger partial charge in [0, 0.05) is 24.2 Å². The van der Waals surface area contributed by atoms with Gasteiger partial charge in [-0.2, -0.15) is 0 Å². The number of hydrogen-bond acceptors (Lipinski definition) is 4. The van der Waals surface area contributed by atoms with Crippen LogP contribution in [0.1, 0.15) is 10.4 Å². The number of primary amides is 1. The van der Waals surface area contributed by atoms with E-state index in [1.54, 1.807) is 23.1 Å². The summed E-state index contributed by atoms with van der Waals surface area (Å²) in [5.74, 6) is 0.0299. The lowest BCUT2D eigenvalue weighted by Crippen LogP contribution is -2.43. The molecule has 3 aromatic carbocycles. The van der Waals surface area contributed by atoms with E-state index in [1.807, 2.05) is 42.5 Å². The molecule has 0 atom stereocenters. The highest BCUT2D eigenvalue weighted by atomic mass is 16.5. The van der Waals surface area contributed by atoms with Crippen molar-refractivity contribution >= 4 is 22.6 Å². The number of fused-ring (bicyclic) bond motifs is 1. The molecule has 0 spiro atoms. The first-order valence-corrected chi connectivity index (χ1v) is 9.54. The first-order valence-electron chi connectivity index (χ1n) is 9.54. The molecule has 6 heteroatoms. The van der Waals surface area contributed by atoms with Crippen LogP contribution in [0.4, 0.5) is 0 Å². The fraction of sp³-hybridized carbons (Fsp3) is 0.217. The van der Waals surface area contributed by atoms with Crippen molar-refractivity contribution in [3.8, 4) is 16.9 Å². The van der Waals surface area contributed by atoms with Crippen molar-refractivity contribution in [3.05, 3.63) is 66.2 Å². The van der Waals surface area contributed by atoms with Crippen molar-refractivity contribution in [1.29, 1.82) is 0 Å². The fourth-order valence-electron chi connectivity index (χ4n) is 3.54. The van der Waals surface area contributed by atoms with E-state index in [1.165, 1.54) is 0 Å². The average molecular weight is 390 g/mol. The summed E-state index contributed by atoms with van der Waals surface area (Å²) in [4.78, 5) is 25.9. The number of amides is 2. The minimum atomic E-state index is -0.489. The van der Waals surface area contributed by atoms with Gasteiger partial charge in [-0.25, -0.2) is 0 Å². The van der Waals surface area contributed by atoms with Gasteiger partial charge in [-0.05, 0) is 34.5 Å². The molecule has 1 fully saturated rings. The van der Waals surface area contributed by atoms with Crippen LogP contribution in [-0.2, 0) is 9.53 Å². The van der Waals surface area contributed by atoms with Crippen LogP contribution in [0.5, 0.6) is 5.75 Å². The molecule has 1 aliphatic heterocycles. The van der Waals surface area contributed by atoms with Gasteiger partial charge < -0.3 is 20.1 Å². The molecule has 0 unspecified atom stereocenters. The van der Waals surface area contributed by atoms with Crippen LogP contribution >= 0.6 is 0 Å². The molecular formula is C23H22N2O4. The Bertz CT molecular complexity index is 1060. The van der Waals surface area contributed by atoms with Crippen molar-refractivity contribution < 1.29 is 19.1 Å². The summed E-state index contributed by atoms with van der Waals surface area (Å²) in [6, 6.07) is 18.9. The number of hydrogen-bond donors (Lipinski definition) is 1. The SMILES string of the molecule is NC(=O)c1cccc(-c2c(OCC(=O)N3CCOCC3)ccc3ccccc23)c1. The fourth-order valence-corrected chi connectivity index (χ4v) is 3.54. The van der Waals surface area contributed by atoms with Gasteiger partial charge in [-0.3, -0.25) is 9.59 Å². The molecule has 2 amide bonds. The van der Waals surface area contributed by atoms with Gasteiger partial charge in [0.1, 0.15) is 5.75 Å². The van der Waals surface area contributed by atoms with Crippen LogP contribution in [0.3, 0.4) is 0 Å². The van der Waals surface area contributed by atoms with Crippen molar-refractivity contribution in [3.63, 3.8) is 0 Å². The van der Waals surface area contributed by atoms with E-state index in [2.05, 4.69) is 0 Å². The summed E-state index contributed by atoms with van der Waals surface area (Å²) in [5.41, 5.74) is 7.53. The highest BCUT2D eigenvalue weighted by Gasteiger charge is 2.19. The minimum Gasteiger partial charge on any atom is -0.483 e. The molecule has 0 radical (unpaired) electrons. The van der Waals surface area contributed by atoms with Crippen molar-refractivity contribution in [2.45, 2.75) is 0 Å². The number of ether oxygens (including phenoxy) is 2. The second-order valence-electron chi connectivity index (χ2n) is 6.89. The predicted octanol–water partition coefficient (Wildman–Crippen LogP) is 2.84. The zero-order valence-corrected chi connectivity index (χ0v) is 16.0. The molecule has 0 saturated carbocycles. The third-order valence-electron chi connectivity index (χ3n) is 5.04. The van der Waals surface area contributed by atoms with Gasteiger partial charge in [-0.15, -0.1) is 0 Å². The Morgan fingerprint density at radius 2 is 1.79 bits per heavy atom. The maximum absolute atomic E-state index is 12.5. The van der Waals surface area contributed by atoms with E-state index < -0.39 is 5.91 Å². The number of benzene rings is 3. The lowest BCUT2D eigenvalue weighted by atomic mass is 9.96. The highest BCUT2D eigenvalue weighted by molar-refractivity contribution is 6.01. The lowest BCUT2D eigenvalue weighted by molar-refractivity contribution is -0.137. The molecule has 0 aliphatic carbocycles. The first-order chi connectivity index (χ1) is 14.1. The topological polar surface area (TPSA) is 81.9 Å². The molecule has 6 nitrogen and oxygen atoms in total. The molecule has 4 rings (SSSR count). The standard InChI is InChI=1S/C23H22N2O4/c24-23(27)18-6-3-5-17(14-18)22-19-7-2-1-4-16(19)8-9-20(22)29-15-21(26)25-10-12-28-13-11-25/h1-9,14H,10-13,15H2,(H2,24,27). The van der Waals surface area contributed by atoms with Crippen LogP contribution in [0.2, 0.25) is 0 Å². The summed E-state index contributed by atoms with van der Waals surface area (Å²) in [6.45, 7) is 2.20. The quantitative estimate of drug-likeness (QED) is 0.726. The predicted molar refractivity (Wildman–Crippen MR) is 111 cm³/mol. The molecule has 3 aromatic rings. The Morgan fingerprint density at radius 3 is 2.59 bits per heavy atom. The normalized spacial score (nSPS) is 14.0. The zero-order chi connectivity index (χ0) is 20.2. The van der Waals surface area contributed by atoms with Gasteiger partial charge in [0.05, 0.1) is 13.2 Å². The Kier molecular flexibility index (Phi) is 5.44. The monoisotopic (exact) mass is 390 g/mol. The van der Waals surface area contributed by atoms with Gasteiger partial charge >= 0.3 is 0 Å². The van der Waals surface area contributed by atoms with Gasteiger partial charge in [0.15, 0.2) is 6.61 Å². The molecule has 1 heterocycles. The van der Waals surface area contributed by atoms with Crippen LogP contribution in [-0.4, -0.2) is 49.6 Å². The third-order valence-corrected chi connectivity index (χ3v) is 5.04. The van der Waals surface area contributed by atoms with Crippen LogP contribution in [0, 0.1) is 0 Å². The molecule has 1 saturated heterocycles. The van der Waals surface area contributed by atoms with Gasteiger partial charge in [0.2, 0.25) is 5.91 Å². The zero-order valence-electron chi connectivity index (χ0n) is 16.0. The highest BCUT2D eigenvalue weighted by Crippen LogP contribution is 2.37. The maximum atomic E-state index is 12.5. The number of nitrogens with zero attached hydrogens (tertiary/aromatic N) is 1. The number of morpholine rings is 1. The Hall–Kier alpha value is -3.38. The molecule has 148 valence electrons. The van der Waals surface area contributed by atoms with E-state index in [9.17, 15) is 9.59 Å². The van der Waals surface area contributed by atoms with Crippen LogP contribution in [0.15, 0.2) is 60.7 Å². The second kappa shape index (κ2) is 8.32. The van der Waals surface area contributed by atoms with E-state index in [0.29, 0.717) is 37.6 Å². The Morgan fingerprint density at radius 1 is 1.00 bits per heavy atom. The molecule has 0 aromatic heterocycles. The number of rotatable bonds is 5. The van der Waals surface area contributed by atoms with Gasteiger partial charge in [-0.1, -0.05) is 42.5 Å². The molecule has 29 heavy (non-hydrogen) atoms. The molecule has 2 N–H and O–H groups in total. The van der Waals surface area contributed by atoms with Crippen molar-refractivity contribution in [2.75, 3.05) is 32.9 Å². The Balaban J connectivity index is 1.70. The van der Waals surface area contributed by atoms with E-state index in [0.717, 1.165) is 21.9 Å². The molecular weight excluding hydrogens is 368 g/mol. The van der Waals surface area contributed by atoms with Crippen LogP contribution in [0.25, 0.3) is 21.9 Å². The first kappa shape index (κ1) is 19.0. The smallest absolute Gasteiger partial charge is 0.260 e. The summed E-state index contributed by atoms with van der Waals surface area (Å²) in [5, 5.41) is 2.02. The number of nitrogens with two attached hydrogens (primary N) is 1. The van der Waals surface area contributed by atoms with E-state index in [-0.39, 0.29) is 12.5 Å². The second-order valence-corrected chi connectivity index (χ2v) is 6.89. The van der Waals surface area contributed by atoms with Crippen molar-refractivity contribution in [1.82, 2.24) is 4.90 Å². The van der Waals surface area contributed by atoms with Crippen LogP contribution < -0.4 is 10.5 Å². The van der Waals surface area contributed by atoms with E-state index >= 15 is 0 Å². The van der Waals surface area contributed by atoms with Crippen molar-refractivity contribution in [2.24, 2.45) is 5.73 Å². The Labute approximate surface area is 168 Å². The molecule has 1 aliphatic rings. The summed E-state index contributed by atoms with van der Waals surface area (Å²) >= 11 is 0. The van der Waals surface area contributed by atoms with E-state index in [4.69, 9.17) is 15.2 Å². The number of carbonyl (C=O) groups excluding carboxylic acids is 2. The average Bonchev–Trinajstić information content (AvgIpc) is 2.77. The number of carbonyl (C=O) groups is 2. The largest absolute Gasteiger partial charge is 0.483 e. The maximum Gasteiger partial charge on any atom is 0.260 e. The summed E-state index contributed by atoms with van der Waals surface area (Å²) in [7, 11) is 0. The molecule has 0 bridgehead atoms. The third kappa shape index (κ3) is 4.07.